The molecule has 10 N–H and O–H groups in total. The molecule has 12 heteroatoms. The summed E-state index contributed by atoms with van der Waals surface area (Å²) >= 11 is 0. The number of carboxylic acids is 1. The molecule has 0 fully saturated rings. The number of aromatic nitrogens is 1. The third kappa shape index (κ3) is 8.35. The van der Waals surface area contributed by atoms with E-state index in [1.165, 1.54) is 6.92 Å². The van der Waals surface area contributed by atoms with E-state index in [0.29, 0.717) is 19.4 Å². The Balaban J connectivity index is 1.87. The maximum atomic E-state index is 12.5. The molecule has 0 aliphatic carbocycles. The molecule has 2 aromatic rings. The van der Waals surface area contributed by atoms with E-state index in [1.807, 2.05) is 24.3 Å². The largest absolute Gasteiger partial charge is 0.480 e. The van der Waals surface area contributed by atoms with Gasteiger partial charge in [-0.3, -0.25) is 14.4 Å². The van der Waals surface area contributed by atoms with Gasteiger partial charge in [0.1, 0.15) is 12.1 Å². The van der Waals surface area contributed by atoms with Crippen molar-refractivity contribution in [3.05, 3.63) is 36.0 Å². The van der Waals surface area contributed by atoms with Crippen molar-refractivity contribution >= 4 is 34.6 Å². The number of nitrogens with one attached hydrogen (secondary N) is 4. The van der Waals surface area contributed by atoms with Crippen LogP contribution in [0.3, 0.4) is 0 Å². The molecule has 0 spiro atoms. The van der Waals surface area contributed by atoms with Crippen molar-refractivity contribution in [1.82, 2.24) is 20.9 Å². The van der Waals surface area contributed by atoms with Crippen LogP contribution in [-0.2, 0) is 25.6 Å². The molecule has 4 atom stereocenters. The maximum absolute atomic E-state index is 12.5. The minimum Gasteiger partial charge on any atom is -0.480 e. The summed E-state index contributed by atoms with van der Waals surface area (Å²) in [7, 11) is 0. The summed E-state index contributed by atoms with van der Waals surface area (Å²) in [6.45, 7) is 1.20. The number of carboxylic acid groups (broad SMARTS) is 1. The highest BCUT2D eigenvalue weighted by atomic mass is 16.4. The molecular weight excluding hydrogens is 456 g/mol. The van der Waals surface area contributed by atoms with Gasteiger partial charge >= 0.3 is 5.97 Å². The van der Waals surface area contributed by atoms with E-state index < -0.39 is 54.5 Å². The first-order valence-electron chi connectivity index (χ1n) is 11.4. The lowest BCUT2D eigenvalue weighted by Crippen LogP contribution is -2.57. The number of amides is 3. The number of unbranched alkanes of at least 4 members (excludes halogenated alkanes) is 1. The molecule has 4 unspecified atom stereocenters. The Morgan fingerprint density at radius 2 is 1.80 bits per heavy atom. The Kier molecular flexibility index (Phi) is 10.6. The molecule has 1 aromatic heterocycles. The number of aromatic amines is 1. The van der Waals surface area contributed by atoms with Crippen molar-refractivity contribution in [3.63, 3.8) is 0 Å². The average molecular weight is 491 g/mol. The number of H-pyrrole nitrogens is 1. The molecule has 12 nitrogen and oxygen atoms in total. The second-order valence-electron chi connectivity index (χ2n) is 8.36. The van der Waals surface area contributed by atoms with Crippen LogP contribution in [0.4, 0.5) is 0 Å². The van der Waals surface area contributed by atoms with Crippen LogP contribution in [-0.4, -0.2) is 76.2 Å². The zero-order valence-corrected chi connectivity index (χ0v) is 19.6. The van der Waals surface area contributed by atoms with E-state index in [0.717, 1.165) is 16.5 Å². The number of aliphatic hydroxyl groups excluding tert-OH is 1. The lowest BCUT2D eigenvalue weighted by Gasteiger charge is -2.23. The topological polar surface area (TPSA) is 213 Å². The van der Waals surface area contributed by atoms with Crippen LogP contribution in [0.25, 0.3) is 10.9 Å². The molecule has 0 aliphatic rings. The molecule has 0 aliphatic heterocycles. The predicted molar refractivity (Wildman–Crippen MR) is 129 cm³/mol. The van der Waals surface area contributed by atoms with E-state index in [2.05, 4.69) is 20.9 Å². The van der Waals surface area contributed by atoms with E-state index >= 15 is 0 Å². The smallest absolute Gasteiger partial charge is 0.326 e. The Bertz CT molecular complexity index is 1020. The Morgan fingerprint density at radius 1 is 1.09 bits per heavy atom. The minimum atomic E-state index is -1.41. The molecule has 1 aromatic carbocycles. The summed E-state index contributed by atoms with van der Waals surface area (Å²) in [5, 5.41) is 27.3. The zero-order valence-electron chi connectivity index (χ0n) is 19.6. The Morgan fingerprint density at radius 3 is 2.46 bits per heavy atom. The Hall–Kier alpha value is -3.48. The Labute approximate surface area is 202 Å². The first kappa shape index (κ1) is 27.8. The molecule has 1 heterocycles. The molecule has 192 valence electrons. The molecule has 0 radical (unpaired) electrons. The summed E-state index contributed by atoms with van der Waals surface area (Å²) in [6, 6.07) is 4.07. The predicted octanol–water partition coefficient (Wildman–Crippen LogP) is -1.28. The van der Waals surface area contributed by atoms with Gasteiger partial charge < -0.3 is 42.6 Å². The number of para-hydroxylation sites is 1. The highest BCUT2D eigenvalue weighted by Crippen LogP contribution is 2.18. The van der Waals surface area contributed by atoms with Gasteiger partial charge in [-0.2, -0.15) is 0 Å². The average Bonchev–Trinajstić information content (AvgIpc) is 3.22. The van der Waals surface area contributed by atoms with Crippen molar-refractivity contribution in [2.75, 3.05) is 13.1 Å². The summed E-state index contributed by atoms with van der Waals surface area (Å²) in [4.78, 5) is 51.7. The first-order valence-corrected chi connectivity index (χ1v) is 11.4. The number of aliphatic hydroxyl groups is 1. The van der Waals surface area contributed by atoms with Gasteiger partial charge in [0.25, 0.3) is 0 Å². The fourth-order valence-electron chi connectivity index (χ4n) is 3.57. The molecule has 2 rings (SSSR count). The summed E-state index contributed by atoms with van der Waals surface area (Å²) in [5.74, 6) is -3.39. The van der Waals surface area contributed by atoms with Crippen molar-refractivity contribution in [2.24, 2.45) is 11.5 Å². The number of fused-ring (bicyclic) bond motifs is 1. The molecule has 0 saturated heterocycles. The quantitative estimate of drug-likeness (QED) is 0.149. The lowest BCUT2D eigenvalue weighted by atomic mass is 10.1. The standard InChI is InChI=1S/C23H34N6O6/c1-13(30)20(22(33)28-18(23(34)35)8-4-5-9-24)29-19(31)12-27-21(32)16(25)10-14-11-26-17-7-3-2-6-15(14)17/h2-3,6-7,11,13,16,18,20,26,30H,4-5,8-10,12,24-25H2,1H3,(H,27,32)(H,28,33)(H,29,31)(H,34,35). The second kappa shape index (κ2) is 13.4. The third-order valence-corrected chi connectivity index (χ3v) is 5.52. The minimum absolute atomic E-state index is 0.156. The third-order valence-electron chi connectivity index (χ3n) is 5.52. The summed E-state index contributed by atoms with van der Waals surface area (Å²) in [5.41, 5.74) is 13.2. The number of hydrogen-bond donors (Lipinski definition) is 8. The molecular formula is C23H34N6O6. The van der Waals surface area contributed by atoms with Crippen LogP contribution in [0.1, 0.15) is 31.7 Å². The number of aliphatic carboxylic acids is 1. The van der Waals surface area contributed by atoms with Crippen molar-refractivity contribution in [2.45, 2.75) is 56.8 Å². The molecule has 0 saturated carbocycles. The van der Waals surface area contributed by atoms with Gasteiger partial charge in [-0.05, 0) is 50.8 Å². The summed E-state index contributed by atoms with van der Waals surface area (Å²) in [6.07, 6.45) is 1.96. The van der Waals surface area contributed by atoms with Gasteiger partial charge in [0.2, 0.25) is 17.7 Å². The van der Waals surface area contributed by atoms with Crippen LogP contribution >= 0.6 is 0 Å². The molecule has 0 bridgehead atoms. The van der Waals surface area contributed by atoms with E-state index in [-0.39, 0.29) is 12.8 Å². The van der Waals surface area contributed by atoms with Gasteiger partial charge in [-0.25, -0.2) is 4.79 Å². The van der Waals surface area contributed by atoms with Gasteiger partial charge in [-0.1, -0.05) is 18.2 Å². The maximum Gasteiger partial charge on any atom is 0.326 e. The fourth-order valence-corrected chi connectivity index (χ4v) is 3.57. The highest BCUT2D eigenvalue weighted by molar-refractivity contribution is 5.93. The van der Waals surface area contributed by atoms with E-state index in [9.17, 15) is 29.4 Å². The second-order valence-corrected chi connectivity index (χ2v) is 8.36. The number of carbonyl (C=O) groups is 4. The summed E-state index contributed by atoms with van der Waals surface area (Å²) < 4.78 is 0. The molecule has 3 amide bonds. The van der Waals surface area contributed by atoms with Gasteiger partial charge in [0.15, 0.2) is 0 Å². The fraction of sp³-hybridized carbons (Fsp3) is 0.478. The normalized spacial score (nSPS) is 14.5. The van der Waals surface area contributed by atoms with Crippen molar-refractivity contribution in [1.29, 1.82) is 0 Å². The number of nitrogens with two attached hydrogens (primary N) is 2. The van der Waals surface area contributed by atoms with Crippen LogP contribution in [0, 0.1) is 0 Å². The van der Waals surface area contributed by atoms with Crippen LogP contribution in [0.15, 0.2) is 30.5 Å². The number of hydrogen-bond acceptors (Lipinski definition) is 7. The van der Waals surface area contributed by atoms with Gasteiger partial charge in [0, 0.05) is 17.1 Å². The van der Waals surface area contributed by atoms with Gasteiger partial charge in [0.05, 0.1) is 18.7 Å². The van der Waals surface area contributed by atoms with Crippen molar-refractivity contribution < 1.29 is 29.4 Å². The van der Waals surface area contributed by atoms with Crippen LogP contribution in [0.5, 0.6) is 0 Å². The number of rotatable bonds is 14. The zero-order chi connectivity index (χ0) is 26.0. The number of benzene rings is 1. The van der Waals surface area contributed by atoms with Crippen LogP contribution < -0.4 is 27.4 Å². The van der Waals surface area contributed by atoms with E-state index in [1.54, 1.807) is 6.20 Å². The van der Waals surface area contributed by atoms with Crippen LogP contribution in [0.2, 0.25) is 0 Å². The first-order chi connectivity index (χ1) is 16.6. The van der Waals surface area contributed by atoms with Gasteiger partial charge in [-0.15, -0.1) is 0 Å². The number of carbonyl (C=O) groups excluding carboxylic acids is 3. The highest BCUT2D eigenvalue weighted by Gasteiger charge is 2.29. The monoisotopic (exact) mass is 490 g/mol. The van der Waals surface area contributed by atoms with Crippen molar-refractivity contribution in [3.8, 4) is 0 Å². The SMILES string of the molecule is CC(O)C(NC(=O)CNC(=O)C(N)Cc1c[nH]c2ccccc12)C(=O)NC(CCCCN)C(=O)O. The van der Waals surface area contributed by atoms with E-state index in [4.69, 9.17) is 11.5 Å². The molecule has 35 heavy (non-hydrogen) atoms. The lowest BCUT2D eigenvalue weighted by molar-refractivity contribution is -0.143.